The number of ketones is 1. The van der Waals surface area contributed by atoms with Gasteiger partial charge in [-0.25, -0.2) is 0 Å². The highest BCUT2D eigenvalue weighted by molar-refractivity contribution is 6.02. The number of hydrogen-bond donors (Lipinski definition) is 1. The maximum Gasteiger partial charge on any atom is 0.223 e. The average molecular weight is 249 g/mol. The Kier molecular flexibility index (Phi) is 3.82. The number of ether oxygens (including phenoxy) is 2. The van der Waals surface area contributed by atoms with Crippen molar-refractivity contribution in [1.29, 1.82) is 0 Å². The molecule has 1 amide bonds. The van der Waals surface area contributed by atoms with E-state index in [0.29, 0.717) is 36.6 Å². The minimum Gasteiger partial charge on any atom is -0.493 e. The van der Waals surface area contributed by atoms with Crippen molar-refractivity contribution in [3.63, 3.8) is 0 Å². The molecule has 1 aliphatic rings. The van der Waals surface area contributed by atoms with Crippen molar-refractivity contribution in [3.05, 3.63) is 23.8 Å². The minimum atomic E-state index is -0.0370. The lowest BCUT2D eigenvalue weighted by Gasteiger charge is -2.07. The molecule has 5 nitrogen and oxygen atoms in total. The summed E-state index contributed by atoms with van der Waals surface area (Å²) in [4.78, 5) is 22.5. The van der Waals surface area contributed by atoms with E-state index in [-0.39, 0.29) is 18.3 Å². The number of nitrogens with one attached hydrogen (secondary N) is 1. The summed E-state index contributed by atoms with van der Waals surface area (Å²) >= 11 is 0. The van der Waals surface area contributed by atoms with Gasteiger partial charge >= 0.3 is 0 Å². The van der Waals surface area contributed by atoms with Crippen LogP contribution >= 0.6 is 0 Å². The number of Topliss-reactive ketones (excluding diaryl/α,β-unsaturated/α-hetero) is 1. The molecule has 0 fully saturated rings. The maximum atomic E-state index is 11.3. The van der Waals surface area contributed by atoms with Crippen LogP contribution in [0.25, 0.3) is 0 Å². The van der Waals surface area contributed by atoms with Crippen molar-refractivity contribution in [2.75, 3.05) is 19.8 Å². The highest BCUT2D eigenvalue weighted by Crippen LogP contribution is 2.29. The average Bonchev–Trinajstić information content (AvgIpc) is 2.71. The summed E-state index contributed by atoms with van der Waals surface area (Å²) < 4.78 is 10.6. The Balaban J connectivity index is 1.88. The maximum absolute atomic E-state index is 11.3. The molecule has 0 radical (unpaired) electrons. The lowest BCUT2D eigenvalue weighted by Crippen LogP contribution is -2.24. The summed E-state index contributed by atoms with van der Waals surface area (Å²) in [5.41, 5.74) is 0.589. The molecular weight excluding hydrogens is 234 g/mol. The van der Waals surface area contributed by atoms with Gasteiger partial charge in [0.15, 0.2) is 6.61 Å². The number of hydrogen-bond acceptors (Lipinski definition) is 4. The number of carbonyl (C=O) groups is 2. The van der Waals surface area contributed by atoms with Crippen molar-refractivity contribution in [2.24, 2.45) is 0 Å². The van der Waals surface area contributed by atoms with E-state index in [4.69, 9.17) is 9.47 Å². The zero-order chi connectivity index (χ0) is 13.0. The Hall–Kier alpha value is -2.04. The van der Waals surface area contributed by atoms with Gasteiger partial charge in [-0.3, -0.25) is 9.59 Å². The lowest BCUT2D eigenvalue weighted by molar-refractivity contribution is -0.121. The Morgan fingerprint density at radius 2 is 2.33 bits per heavy atom. The molecule has 1 N–H and O–H groups in total. The van der Waals surface area contributed by atoms with Crippen LogP contribution in [0.1, 0.15) is 23.7 Å². The second kappa shape index (κ2) is 5.53. The van der Waals surface area contributed by atoms with Crippen LogP contribution in [0.2, 0.25) is 0 Å². The highest BCUT2D eigenvalue weighted by Gasteiger charge is 2.21. The van der Waals surface area contributed by atoms with Crippen LogP contribution in [-0.4, -0.2) is 31.4 Å². The molecule has 1 heterocycles. The quantitative estimate of drug-likeness (QED) is 0.850. The van der Waals surface area contributed by atoms with Gasteiger partial charge in [0.05, 0.1) is 18.6 Å². The monoisotopic (exact) mass is 249 g/mol. The first-order valence-corrected chi connectivity index (χ1v) is 5.90. The molecule has 0 saturated heterocycles. The molecule has 0 bridgehead atoms. The van der Waals surface area contributed by atoms with E-state index < -0.39 is 0 Å². The van der Waals surface area contributed by atoms with Gasteiger partial charge in [-0.15, -0.1) is 0 Å². The Bertz CT molecular complexity index is 470. The first-order valence-electron chi connectivity index (χ1n) is 5.90. The van der Waals surface area contributed by atoms with Crippen LogP contribution in [0, 0.1) is 0 Å². The van der Waals surface area contributed by atoms with Crippen molar-refractivity contribution >= 4 is 11.7 Å². The van der Waals surface area contributed by atoms with E-state index in [1.165, 1.54) is 0 Å². The molecule has 1 aromatic rings. The van der Waals surface area contributed by atoms with Gasteiger partial charge in [-0.2, -0.15) is 0 Å². The van der Waals surface area contributed by atoms with Crippen LogP contribution in [-0.2, 0) is 4.79 Å². The zero-order valence-electron chi connectivity index (χ0n) is 10.2. The van der Waals surface area contributed by atoms with E-state index in [2.05, 4.69) is 5.32 Å². The molecule has 0 aliphatic carbocycles. The molecule has 0 unspecified atom stereocenters. The summed E-state index contributed by atoms with van der Waals surface area (Å²) in [6.07, 6.45) is 0.310. The minimum absolute atomic E-state index is 0.0149. The largest absolute Gasteiger partial charge is 0.493 e. The smallest absolute Gasteiger partial charge is 0.223 e. The van der Waals surface area contributed by atoms with Crippen molar-refractivity contribution in [3.8, 4) is 11.5 Å². The number of rotatable bonds is 5. The van der Waals surface area contributed by atoms with Gasteiger partial charge in [0, 0.05) is 12.6 Å². The summed E-state index contributed by atoms with van der Waals surface area (Å²) in [6, 6.07) is 5.08. The number of fused-ring (bicyclic) bond motifs is 1. The molecule has 1 aromatic carbocycles. The van der Waals surface area contributed by atoms with Gasteiger partial charge in [-0.05, 0) is 19.1 Å². The molecule has 0 aromatic heterocycles. The summed E-state index contributed by atoms with van der Waals surface area (Å²) in [5.74, 6) is 1.10. The number of amides is 1. The normalized spacial score (nSPS) is 12.8. The Labute approximate surface area is 105 Å². The SMILES string of the molecule is CCNC(=O)CCOc1ccc2c(c1)OCC2=O. The van der Waals surface area contributed by atoms with Crippen LogP contribution in [0.4, 0.5) is 0 Å². The third kappa shape index (κ3) is 2.80. The topological polar surface area (TPSA) is 64.6 Å². The first-order chi connectivity index (χ1) is 8.70. The van der Waals surface area contributed by atoms with E-state index in [1.807, 2.05) is 6.92 Å². The fourth-order valence-electron chi connectivity index (χ4n) is 1.71. The zero-order valence-corrected chi connectivity index (χ0v) is 10.2. The van der Waals surface area contributed by atoms with Crippen molar-refractivity contribution in [2.45, 2.75) is 13.3 Å². The van der Waals surface area contributed by atoms with Crippen molar-refractivity contribution < 1.29 is 19.1 Å². The fourth-order valence-corrected chi connectivity index (χ4v) is 1.71. The van der Waals surface area contributed by atoms with Gasteiger partial charge < -0.3 is 14.8 Å². The van der Waals surface area contributed by atoms with Gasteiger partial charge in [0.25, 0.3) is 0 Å². The van der Waals surface area contributed by atoms with Gasteiger partial charge in [0.2, 0.25) is 11.7 Å². The van der Waals surface area contributed by atoms with Crippen molar-refractivity contribution in [1.82, 2.24) is 5.32 Å². The molecule has 5 heteroatoms. The summed E-state index contributed by atoms with van der Waals surface area (Å²) in [6.45, 7) is 2.89. The number of benzene rings is 1. The van der Waals surface area contributed by atoms with E-state index in [1.54, 1.807) is 18.2 Å². The molecule has 18 heavy (non-hydrogen) atoms. The summed E-state index contributed by atoms with van der Waals surface area (Å²) in [7, 11) is 0. The van der Waals surface area contributed by atoms with Crippen LogP contribution in [0.5, 0.6) is 11.5 Å². The molecule has 0 spiro atoms. The first kappa shape index (κ1) is 12.4. The predicted octanol–water partition coefficient (Wildman–Crippen LogP) is 1.17. The molecule has 1 aliphatic heterocycles. The van der Waals surface area contributed by atoms with E-state index in [0.717, 1.165) is 0 Å². The third-order valence-electron chi connectivity index (χ3n) is 2.58. The molecule has 96 valence electrons. The van der Waals surface area contributed by atoms with E-state index >= 15 is 0 Å². The fraction of sp³-hybridized carbons (Fsp3) is 0.385. The number of carbonyl (C=O) groups excluding carboxylic acids is 2. The van der Waals surface area contributed by atoms with Crippen LogP contribution in [0.3, 0.4) is 0 Å². The van der Waals surface area contributed by atoms with Crippen LogP contribution in [0.15, 0.2) is 18.2 Å². The Morgan fingerprint density at radius 3 is 3.11 bits per heavy atom. The standard InChI is InChI=1S/C13H15NO4/c1-2-14-13(16)5-6-17-9-3-4-10-11(15)8-18-12(10)7-9/h3-4,7H,2,5-6,8H2,1H3,(H,14,16). The van der Waals surface area contributed by atoms with E-state index in [9.17, 15) is 9.59 Å². The summed E-state index contributed by atoms with van der Waals surface area (Å²) in [5, 5.41) is 2.69. The predicted molar refractivity (Wildman–Crippen MR) is 65.1 cm³/mol. The second-order valence-corrected chi connectivity index (χ2v) is 3.92. The lowest BCUT2D eigenvalue weighted by atomic mass is 10.1. The molecular formula is C13H15NO4. The third-order valence-corrected chi connectivity index (χ3v) is 2.58. The molecule has 0 saturated carbocycles. The van der Waals surface area contributed by atoms with Gasteiger partial charge in [-0.1, -0.05) is 0 Å². The second-order valence-electron chi connectivity index (χ2n) is 3.92. The highest BCUT2D eigenvalue weighted by atomic mass is 16.5. The molecule has 0 atom stereocenters. The van der Waals surface area contributed by atoms with Gasteiger partial charge in [0.1, 0.15) is 11.5 Å². The Morgan fingerprint density at radius 1 is 1.50 bits per heavy atom. The van der Waals surface area contributed by atoms with Crippen LogP contribution < -0.4 is 14.8 Å². The molecule has 2 rings (SSSR count).